The molecule has 6 heteroatoms. The number of pyridine rings is 1. The summed E-state index contributed by atoms with van der Waals surface area (Å²) in [5.74, 6) is 0.671. The third kappa shape index (κ3) is 3.39. The maximum Gasteiger partial charge on any atom is 0.261 e. The van der Waals surface area contributed by atoms with Crippen LogP contribution in [-0.4, -0.2) is 40.8 Å². The molecule has 2 atom stereocenters. The molecular formula is C24H26ClN3O2. The number of carbonyl (C=O) groups excluding carboxylic acids is 2. The van der Waals surface area contributed by atoms with Gasteiger partial charge in [-0.05, 0) is 73.9 Å². The molecule has 3 heterocycles. The SMILES string of the molecule is O=C(c1cccnc1Cl)N1CCc2cc(C(=O)N3CCC[C@H]4CCCC[C@H]43)ccc21. The van der Waals surface area contributed by atoms with E-state index in [2.05, 4.69) is 9.88 Å². The second-order valence-corrected chi connectivity index (χ2v) is 9.00. The van der Waals surface area contributed by atoms with Crippen molar-refractivity contribution >= 4 is 29.1 Å². The summed E-state index contributed by atoms with van der Waals surface area (Å²) in [5.41, 5.74) is 3.06. The van der Waals surface area contributed by atoms with E-state index in [0.717, 1.165) is 42.6 Å². The van der Waals surface area contributed by atoms with Gasteiger partial charge in [0.25, 0.3) is 11.8 Å². The highest BCUT2D eigenvalue weighted by Gasteiger charge is 2.36. The predicted molar refractivity (Wildman–Crippen MR) is 117 cm³/mol. The number of fused-ring (bicyclic) bond motifs is 2. The Balaban J connectivity index is 1.38. The zero-order chi connectivity index (χ0) is 20.7. The second kappa shape index (κ2) is 8.03. The Morgan fingerprint density at radius 3 is 2.70 bits per heavy atom. The molecule has 1 aliphatic carbocycles. The van der Waals surface area contributed by atoms with Crippen LogP contribution in [0.25, 0.3) is 0 Å². The van der Waals surface area contributed by atoms with Crippen molar-refractivity contribution in [2.75, 3.05) is 18.0 Å². The first-order valence-corrected chi connectivity index (χ1v) is 11.4. The van der Waals surface area contributed by atoms with Crippen LogP contribution in [-0.2, 0) is 6.42 Å². The molecule has 3 aliphatic rings. The molecular weight excluding hydrogens is 398 g/mol. The molecule has 2 fully saturated rings. The molecule has 30 heavy (non-hydrogen) atoms. The molecule has 2 aliphatic heterocycles. The van der Waals surface area contributed by atoms with Crippen molar-refractivity contribution in [3.63, 3.8) is 0 Å². The van der Waals surface area contributed by atoms with Crippen LogP contribution in [0.5, 0.6) is 0 Å². The number of aromatic nitrogens is 1. The van der Waals surface area contributed by atoms with Gasteiger partial charge in [-0.25, -0.2) is 4.98 Å². The molecule has 2 amide bonds. The van der Waals surface area contributed by atoms with Gasteiger partial charge in [0.15, 0.2) is 0 Å². The summed E-state index contributed by atoms with van der Waals surface area (Å²) in [6.45, 7) is 1.45. The predicted octanol–water partition coefficient (Wildman–Crippen LogP) is 4.73. The van der Waals surface area contributed by atoms with Crippen molar-refractivity contribution in [1.82, 2.24) is 9.88 Å². The van der Waals surface area contributed by atoms with E-state index in [0.29, 0.717) is 24.1 Å². The Labute approximate surface area is 182 Å². The Bertz CT molecular complexity index is 990. The number of benzene rings is 1. The lowest BCUT2D eigenvalue weighted by Crippen LogP contribution is -2.49. The summed E-state index contributed by atoms with van der Waals surface area (Å²) in [7, 11) is 0. The van der Waals surface area contributed by atoms with Gasteiger partial charge < -0.3 is 9.80 Å². The molecule has 0 bridgehead atoms. The topological polar surface area (TPSA) is 53.5 Å². The summed E-state index contributed by atoms with van der Waals surface area (Å²) >= 11 is 6.12. The molecule has 0 unspecified atom stereocenters. The number of hydrogen-bond donors (Lipinski definition) is 0. The summed E-state index contributed by atoms with van der Waals surface area (Å²) in [5, 5.41) is 0.217. The number of halogens is 1. The Morgan fingerprint density at radius 2 is 1.83 bits per heavy atom. The number of hydrogen-bond acceptors (Lipinski definition) is 3. The number of likely N-dealkylation sites (tertiary alicyclic amines) is 1. The standard InChI is InChI=1S/C24H26ClN3O2/c25-22-19(7-3-12-26-22)24(30)28-14-11-17-15-18(9-10-21(17)28)23(29)27-13-4-6-16-5-1-2-8-20(16)27/h3,7,9-10,12,15-16,20H,1-2,4-6,8,11,13-14H2/t16-,20-/m1/s1. The van der Waals surface area contributed by atoms with E-state index in [1.165, 1.54) is 25.7 Å². The highest BCUT2D eigenvalue weighted by atomic mass is 35.5. The van der Waals surface area contributed by atoms with Crippen molar-refractivity contribution in [2.24, 2.45) is 5.92 Å². The Kier molecular flexibility index (Phi) is 5.23. The zero-order valence-electron chi connectivity index (χ0n) is 17.0. The third-order valence-corrected chi connectivity index (χ3v) is 7.26. The second-order valence-electron chi connectivity index (χ2n) is 8.64. The molecule has 1 saturated carbocycles. The fraction of sp³-hybridized carbons (Fsp3) is 0.458. The van der Waals surface area contributed by atoms with Crippen molar-refractivity contribution in [3.8, 4) is 0 Å². The van der Waals surface area contributed by atoms with Crippen molar-refractivity contribution in [1.29, 1.82) is 0 Å². The smallest absolute Gasteiger partial charge is 0.261 e. The Morgan fingerprint density at radius 1 is 1.00 bits per heavy atom. The average molecular weight is 424 g/mol. The van der Waals surface area contributed by atoms with Crippen LogP contribution in [0, 0.1) is 5.92 Å². The van der Waals surface area contributed by atoms with Crippen LogP contribution < -0.4 is 4.90 Å². The first kappa shape index (κ1) is 19.6. The number of piperidine rings is 1. The first-order valence-electron chi connectivity index (χ1n) is 11.0. The van der Waals surface area contributed by atoms with Gasteiger partial charge in [0.1, 0.15) is 5.15 Å². The summed E-state index contributed by atoms with van der Waals surface area (Å²) in [6.07, 6.45) is 9.59. The number of anilines is 1. The van der Waals surface area contributed by atoms with E-state index in [1.807, 2.05) is 18.2 Å². The lowest BCUT2D eigenvalue weighted by molar-refractivity contribution is 0.0390. The third-order valence-electron chi connectivity index (χ3n) is 6.96. The monoisotopic (exact) mass is 423 g/mol. The van der Waals surface area contributed by atoms with Gasteiger partial charge in [0.2, 0.25) is 0 Å². The minimum atomic E-state index is -0.146. The van der Waals surface area contributed by atoms with E-state index in [1.54, 1.807) is 23.2 Å². The van der Waals surface area contributed by atoms with Crippen LogP contribution >= 0.6 is 11.6 Å². The van der Waals surface area contributed by atoms with Crippen LogP contribution in [0.4, 0.5) is 5.69 Å². The van der Waals surface area contributed by atoms with E-state index in [-0.39, 0.29) is 17.0 Å². The molecule has 1 saturated heterocycles. The highest BCUT2D eigenvalue weighted by Crippen LogP contribution is 2.37. The molecule has 5 nitrogen and oxygen atoms in total. The van der Waals surface area contributed by atoms with E-state index < -0.39 is 0 Å². The zero-order valence-corrected chi connectivity index (χ0v) is 17.8. The van der Waals surface area contributed by atoms with Crippen molar-refractivity contribution < 1.29 is 9.59 Å². The number of rotatable bonds is 2. The fourth-order valence-corrected chi connectivity index (χ4v) is 5.68. The summed E-state index contributed by atoms with van der Waals surface area (Å²) in [6, 6.07) is 9.60. The maximum absolute atomic E-state index is 13.4. The van der Waals surface area contributed by atoms with Gasteiger partial charge in [-0.2, -0.15) is 0 Å². The van der Waals surface area contributed by atoms with Crippen LogP contribution in [0.2, 0.25) is 5.15 Å². The van der Waals surface area contributed by atoms with E-state index >= 15 is 0 Å². The number of carbonyl (C=O) groups is 2. The molecule has 1 aromatic carbocycles. The number of amides is 2. The normalized spacial score (nSPS) is 23.1. The minimum absolute atomic E-state index is 0.146. The summed E-state index contributed by atoms with van der Waals surface area (Å²) < 4.78 is 0. The maximum atomic E-state index is 13.4. The van der Waals surface area contributed by atoms with Gasteiger partial charge in [0, 0.05) is 36.6 Å². The van der Waals surface area contributed by atoms with Gasteiger partial charge in [0.05, 0.1) is 5.56 Å². The first-order chi connectivity index (χ1) is 14.6. The fourth-order valence-electron chi connectivity index (χ4n) is 5.48. The quantitative estimate of drug-likeness (QED) is 0.656. The van der Waals surface area contributed by atoms with Gasteiger partial charge in [-0.3, -0.25) is 9.59 Å². The average Bonchev–Trinajstić information content (AvgIpc) is 3.21. The van der Waals surface area contributed by atoms with Gasteiger partial charge in [-0.15, -0.1) is 0 Å². The molecule has 2 aromatic rings. The van der Waals surface area contributed by atoms with Gasteiger partial charge in [-0.1, -0.05) is 24.4 Å². The molecule has 156 valence electrons. The van der Waals surface area contributed by atoms with Crippen molar-refractivity contribution in [2.45, 2.75) is 51.0 Å². The number of nitrogens with zero attached hydrogens (tertiary/aromatic N) is 3. The molecule has 0 spiro atoms. The van der Waals surface area contributed by atoms with E-state index in [9.17, 15) is 9.59 Å². The molecule has 0 N–H and O–H groups in total. The lowest BCUT2D eigenvalue weighted by atomic mass is 9.78. The van der Waals surface area contributed by atoms with Gasteiger partial charge >= 0.3 is 0 Å². The Hall–Kier alpha value is -2.40. The molecule has 1 aromatic heterocycles. The van der Waals surface area contributed by atoms with E-state index in [4.69, 9.17) is 11.6 Å². The molecule has 0 radical (unpaired) electrons. The van der Waals surface area contributed by atoms with Crippen LogP contribution in [0.15, 0.2) is 36.5 Å². The van der Waals surface area contributed by atoms with Crippen LogP contribution in [0.1, 0.15) is 64.8 Å². The minimum Gasteiger partial charge on any atom is -0.335 e. The highest BCUT2D eigenvalue weighted by molar-refractivity contribution is 6.33. The van der Waals surface area contributed by atoms with Crippen molar-refractivity contribution in [3.05, 3.63) is 58.4 Å². The lowest BCUT2D eigenvalue weighted by Gasteiger charge is -2.44. The molecule has 5 rings (SSSR count). The summed E-state index contributed by atoms with van der Waals surface area (Å²) in [4.78, 5) is 34.2. The van der Waals surface area contributed by atoms with Crippen LogP contribution in [0.3, 0.4) is 0 Å². The largest absolute Gasteiger partial charge is 0.335 e.